The topological polar surface area (TPSA) is 61.8 Å². The standard InChI is InChI=1S/C16H21N3O2/c1-10(2)17-16(21)13-7-8-15(20)19(18-13)14-9-11(3)5-6-12(14)4/h5-6,9-10H,7-8H2,1-4H3,(H,17,21). The van der Waals surface area contributed by atoms with Gasteiger partial charge in [-0.05, 0) is 44.9 Å². The van der Waals surface area contributed by atoms with E-state index < -0.39 is 0 Å². The number of aryl methyl sites for hydroxylation is 2. The highest BCUT2D eigenvalue weighted by atomic mass is 16.2. The fraction of sp³-hybridized carbons (Fsp3) is 0.438. The summed E-state index contributed by atoms with van der Waals surface area (Å²) in [4.78, 5) is 24.2. The molecule has 21 heavy (non-hydrogen) atoms. The Morgan fingerprint density at radius 3 is 2.67 bits per heavy atom. The lowest BCUT2D eigenvalue weighted by Gasteiger charge is -2.25. The molecule has 0 aliphatic carbocycles. The van der Waals surface area contributed by atoms with Crippen molar-refractivity contribution in [2.24, 2.45) is 5.10 Å². The highest BCUT2D eigenvalue weighted by molar-refractivity contribution is 6.40. The van der Waals surface area contributed by atoms with Crippen molar-refractivity contribution < 1.29 is 9.59 Å². The molecule has 1 N–H and O–H groups in total. The van der Waals surface area contributed by atoms with Gasteiger partial charge in [0.25, 0.3) is 5.91 Å². The number of carbonyl (C=O) groups is 2. The number of anilines is 1. The number of nitrogens with zero attached hydrogens (tertiary/aromatic N) is 2. The molecule has 0 atom stereocenters. The van der Waals surface area contributed by atoms with Crippen molar-refractivity contribution >= 4 is 23.2 Å². The molecule has 1 aliphatic rings. The third-order valence-corrected chi connectivity index (χ3v) is 3.31. The van der Waals surface area contributed by atoms with Gasteiger partial charge < -0.3 is 5.32 Å². The van der Waals surface area contributed by atoms with Gasteiger partial charge in [0.15, 0.2) is 0 Å². The van der Waals surface area contributed by atoms with Crippen LogP contribution in [0.2, 0.25) is 0 Å². The molecule has 5 nitrogen and oxygen atoms in total. The lowest BCUT2D eigenvalue weighted by atomic mass is 10.1. The van der Waals surface area contributed by atoms with Crippen LogP contribution >= 0.6 is 0 Å². The van der Waals surface area contributed by atoms with Crippen LogP contribution in [0, 0.1) is 13.8 Å². The maximum atomic E-state index is 12.1. The molecule has 0 unspecified atom stereocenters. The van der Waals surface area contributed by atoms with Crippen molar-refractivity contribution in [2.75, 3.05) is 5.01 Å². The van der Waals surface area contributed by atoms with Crippen LogP contribution in [0.25, 0.3) is 0 Å². The van der Waals surface area contributed by atoms with Gasteiger partial charge in [-0.2, -0.15) is 5.10 Å². The van der Waals surface area contributed by atoms with Crippen LogP contribution in [0.5, 0.6) is 0 Å². The second-order valence-corrected chi connectivity index (χ2v) is 5.67. The van der Waals surface area contributed by atoms with Gasteiger partial charge in [-0.25, -0.2) is 5.01 Å². The molecule has 0 bridgehead atoms. The summed E-state index contributed by atoms with van der Waals surface area (Å²) in [5, 5.41) is 8.46. The second kappa shape index (κ2) is 6.08. The van der Waals surface area contributed by atoms with Gasteiger partial charge in [-0.15, -0.1) is 0 Å². The molecule has 0 spiro atoms. The van der Waals surface area contributed by atoms with Crippen LogP contribution in [-0.4, -0.2) is 23.6 Å². The number of hydrogen-bond donors (Lipinski definition) is 1. The fourth-order valence-corrected chi connectivity index (χ4v) is 2.20. The minimum Gasteiger partial charge on any atom is -0.349 e. The number of nitrogens with one attached hydrogen (secondary N) is 1. The van der Waals surface area contributed by atoms with E-state index >= 15 is 0 Å². The Kier molecular flexibility index (Phi) is 4.40. The number of benzene rings is 1. The molecular weight excluding hydrogens is 266 g/mol. The summed E-state index contributed by atoms with van der Waals surface area (Å²) in [7, 11) is 0. The largest absolute Gasteiger partial charge is 0.349 e. The van der Waals surface area contributed by atoms with Crippen molar-refractivity contribution in [2.45, 2.75) is 46.6 Å². The molecule has 0 aromatic heterocycles. The van der Waals surface area contributed by atoms with Crippen molar-refractivity contribution in [1.82, 2.24) is 5.32 Å². The van der Waals surface area contributed by atoms with Gasteiger partial charge in [0.1, 0.15) is 5.71 Å². The Balaban J connectivity index is 2.35. The zero-order valence-corrected chi connectivity index (χ0v) is 12.9. The summed E-state index contributed by atoms with van der Waals surface area (Å²) in [5.74, 6) is -0.280. The molecule has 0 fully saturated rings. The molecule has 0 radical (unpaired) electrons. The Morgan fingerprint density at radius 1 is 1.29 bits per heavy atom. The zero-order chi connectivity index (χ0) is 15.6. The van der Waals surface area contributed by atoms with Crippen LogP contribution < -0.4 is 10.3 Å². The number of carbonyl (C=O) groups excluding carboxylic acids is 2. The van der Waals surface area contributed by atoms with E-state index in [1.807, 2.05) is 45.9 Å². The first kappa shape index (κ1) is 15.2. The normalized spacial score (nSPS) is 15.2. The summed E-state index contributed by atoms with van der Waals surface area (Å²) in [5.41, 5.74) is 3.17. The van der Waals surface area contributed by atoms with Gasteiger partial charge in [-0.1, -0.05) is 12.1 Å². The summed E-state index contributed by atoms with van der Waals surface area (Å²) in [6.07, 6.45) is 0.691. The van der Waals surface area contributed by atoms with E-state index in [-0.39, 0.29) is 17.9 Å². The second-order valence-electron chi connectivity index (χ2n) is 5.67. The van der Waals surface area contributed by atoms with E-state index in [9.17, 15) is 9.59 Å². The first-order valence-corrected chi connectivity index (χ1v) is 7.17. The molecule has 5 heteroatoms. The van der Waals surface area contributed by atoms with Crippen LogP contribution in [0.3, 0.4) is 0 Å². The van der Waals surface area contributed by atoms with Gasteiger partial charge >= 0.3 is 0 Å². The lowest BCUT2D eigenvalue weighted by Crippen LogP contribution is -2.41. The van der Waals surface area contributed by atoms with Crippen molar-refractivity contribution in [3.05, 3.63) is 29.3 Å². The Morgan fingerprint density at radius 2 is 2.00 bits per heavy atom. The van der Waals surface area contributed by atoms with Crippen LogP contribution in [0.4, 0.5) is 5.69 Å². The van der Waals surface area contributed by atoms with Crippen LogP contribution in [0.1, 0.15) is 37.8 Å². The average molecular weight is 287 g/mol. The van der Waals surface area contributed by atoms with Gasteiger partial charge in [0.05, 0.1) is 5.69 Å². The molecule has 1 aromatic rings. The maximum Gasteiger partial charge on any atom is 0.267 e. The molecule has 112 valence electrons. The molecule has 2 rings (SSSR count). The predicted octanol–water partition coefficient (Wildman–Crippen LogP) is 2.31. The summed E-state index contributed by atoms with van der Waals surface area (Å²) < 4.78 is 0. The van der Waals surface area contributed by atoms with E-state index in [0.717, 1.165) is 16.8 Å². The van der Waals surface area contributed by atoms with E-state index in [4.69, 9.17) is 0 Å². The first-order chi connectivity index (χ1) is 9.88. The number of hydrogen-bond acceptors (Lipinski definition) is 3. The van der Waals surface area contributed by atoms with Crippen molar-refractivity contribution in [3.8, 4) is 0 Å². The first-order valence-electron chi connectivity index (χ1n) is 7.17. The fourth-order valence-electron chi connectivity index (χ4n) is 2.20. The van der Waals surface area contributed by atoms with E-state index in [1.165, 1.54) is 5.01 Å². The molecule has 1 heterocycles. The molecule has 1 aliphatic heterocycles. The summed E-state index contributed by atoms with van der Waals surface area (Å²) in [6, 6.07) is 5.91. The van der Waals surface area contributed by atoms with Gasteiger partial charge in [-0.3, -0.25) is 9.59 Å². The quantitative estimate of drug-likeness (QED) is 0.927. The SMILES string of the molecule is Cc1ccc(C)c(N2N=C(C(=O)NC(C)C)CCC2=O)c1. The molecule has 0 saturated carbocycles. The lowest BCUT2D eigenvalue weighted by molar-refractivity contribution is -0.119. The van der Waals surface area contributed by atoms with Gasteiger partial charge in [0.2, 0.25) is 5.91 Å². The highest BCUT2D eigenvalue weighted by Crippen LogP contribution is 2.25. The minimum atomic E-state index is -0.201. The smallest absolute Gasteiger partial charge is 0.267 e. The van der Waals surface area contributed by atoms with Crippen LogP contribution in [-0.2, 0) is 9.59 Å². The monoisotopic (exact) mass is 287 g/mol. The Labute approximate surface area is 125 Å². The third-order valence-electron chi connectivity index (χ3n) is 3.31. The van der Waals surface area contributed by atoms with E-state index in [0.29, 0.717) is 18.6 Å². The predicted molar refractivity (Wildman–Crippen MR) is 83.3 cm³/mol. The van der Waals surface area contributed by atoms with Crippen molar-refractivity contribution in [3.63, 3.8) is 0 Å². The summed E-state index contributed by atoms with van der Waals surface area (Å²) >= 11 is 0. The number of hydrazone groups is 1. The Bertz CT molecular complexity index is 606. The number of amides is 2. The minimum absolute atomic E-state index is 0.0481. The van der Waals surface area contributed by atoms with Crippen LogP contribution in [0.15, 0.2) is 23.3 Å². The third kappa shape index (κ3) is 3.48. The molecule has 1 aromatic carbocycles. The average Bonchev–Trinajstić information content (AvgIpc) is 2.41. The Hall–Kier alpha value is -2.17. The highest BCUT2D eigenvalue weighted by Gasteiger charge is 2.26. The maximum absolute atomic E-state index is 12.1. The van der Waals surface area contributed by atoms with E-state index in [1.54, 1.807) is 0 Å². The summed E-state index contributed by atoms with van der Waals surface area (Å²) in [6.45, 7) is 7.69. The number of rotatable bonds is 3. The van der Waals surface area contributed by atoms with Crippen molar-refractivity contribution in [1.29, 1.82) is 0 Å². The molecule has 2 amide bonds. The van der Waals surface area contributed by atoms with Gasteiger partial charge in [0, 0.05) is 18.9 Å². The molecule has 0 saturated heterocycles. The van der Waals surface area contributed by atoms with E-state index in [2.05, 4.69) is 10.4 Å². The molecular formula is C16H21N3O2. The zero-order valence-electron chi connectivity index (χ0n) is 12.9.